The molecule has 0 aromatic carbocycles. The van der Waals surface area contributed by atoms with Crippen molar-refractivity contribution in [2.24, 2.45) is 5.92 Å². The van der Waals surface area contributed by atoms with E-state index in [0.717, 1.165) is 6.42 Å². The molecule has 5 heteroatoms. The number of carbonyl (C=O) groups is 2. The first-order chi connectivity index (χ1) is 7.47. The Morgan fingerprint density at radius 2 is 2.12 bits per heavy atom. The molecule has 5 nitrogen and oxygen atoms in total. The quantitative estimate of drug-likeness (QED) is 0.729. The van der Waals surface area contributed by atoms with Crippen LogP contribution in [0.15, 0.2) is 0 Å². The van der Waals surface area contributed by atoms with Gasteiger partial charge in [0.05, 0.1) is 6.04 Å². The third-order valence-electron chi connectivity index (χ3n) is 3.31. The van der Waals surface area contributed by atoms with Crippen LogP contribution in [0.2, 0.25) is 0 Å². The Balaban J connectivity index is 2.76. The summed E-state index contributed by atoms with van der Waals surface area (Å²) < 4.78 is 0. The van der Waals surface area contributed by atoms with Gasteiger partial charge in [-0.25, -0.2) is 0 Å². The van der Waals surface area contributed by atoms with Gasteiger partial charge in [0, 0.05) is 13.6 Å². The summed E-state index contributed by atoms with van der Waals surface area (Å²) in [5.74, 6) is -0.544. The summed E-state index contributed by atoms with van der Waals surface area (Å²) in [6, 6.07) is -0.908. The molecule has 3 unspecified atom stereocenters. The maximum absolute atomic E-state index is 11.5. The number of carbonyl (C=O) groups excluding carboxylic acids is 1. The number of carboxylic acids is 1. The molecule has 3 atom stereocenters. The molecule has 0 spiro atoms. The molecule has 1 amide bonds. The van der Waals surface area contributed by atoms with E-state index in [1.807, 2.05) is 0 Å². The zero-order chi connectivity index (χ0) is 12.3. The van der Waals surface area contributed by atoms with Crippen molar-refractivity contribution in [3.63, 3.8) is 0 Å². The number of hydrogen-bond donors (Lipinski definition) is 2. The highest BCUT2D eigenvalue weighted by molar-refractivity contribution is 5.82. The average molecular weight is 228 g/mol. The molecule has 1 aliphatic heterocycles. The number of nitrogens with zero attached hydrogens (tertiary/aromatic N) is 1. The molecule has 1 aliphatic rings. The highest BCUT2D eigenvalue weighted by Crippen LogP contribution is 2.24. The molecule has 2 N–H and O–H groups in total. The molecule has 1 fully saturated rings. The van der Waals surface area contributed by atoms with Crippen molar-refractivity contribution < 1.29 is 14.7 Å². The second-order valence-electron chi connectivity index (χ2n) is 4.51. The third-order valence-corrected chi connectivity index (χ3v) is 3.31. The molecule has 16 heavy (non-hydrogen) atoms. The Kier molecular flexibility index (Phi) is 4.29. The summed E-state index contributed by atoms with van der Waals surface area (Å²) in [4.78, 5) is 24.4. The van der Waals surface area contributed by atoms with Crippen LogP contribution in [0.4, 0.5) is 0 Å². The number of likely N-dealkylation sites (N-methyl/N-ethyl adjacent to an activating group) is 1. The van der Waals surface area contributed by atoms with Gasteiger partial charge in [0.2, 0.25) is 5.91 Å². The lowest BCUT2D eigenvalue weighted by atomic mass is 9.91. The molecule has 0 aromatic rings. The molecular weight excluding hydrogens is 208 g/mol. The standard InChI is InChI=1S/C11H20N2O3/c1-7-4-5-13(8(2)10(14)12-3)9(6-7)11(15)16/h7-9H,4-6H2,1-3H3,(H,12,14)(H,15,16). The van der Waals surface area contributed by atoms with E-state index in [2.05, 4.69) is 12.2 Å². The second kappa shape index (κ2) is 5.30. The first kappa shape index (κ1) is 13.0. The van der Waals surface area contributed by atoms with Gasteiger partial charge in [-0.15, -0.1) is 0 Å². The zero-order valence-corrected chi connectivity index (χ0v) is 10.1. The number of carboxylic acid groups (broad SMARTS) is 1. The van der Waals surface area contributed by atoms with Gasteiger partial charge in [0.1, 0.15) is 6.04 Å². The van der Waals surface area contributed by atoms with Crippen LogP contribution in [-0.2, 0) is 9.59 Å². The third kappa shape index (κ3) is 2.72. The summed E-state index contributed by atoms with van der Waals surface area (Å²) in [6.45, 7) is 4.48. The summed E-state index contributed by atoms with van der Waals surface area (Å²) in [5, 5.41) is 11.7. The van der Waals surface area contributed by atoms with Crippen molar-refractivity contribution in [1.29, 1.82) is 0 Å². The molecule has 0 bridgehead atoms. The fraction of sp³-hybridized carbons (Fsp3) is 0.818. The van der Waals surface area contributed by atoms with Gasteiger partial charge in [0.15, 0.2) is 0 Å². The van der Waals surface area contributed by atoms with Crippen molar-refractivity contribution in [2.75, 3.05) is 13.6 Å². The largest absolute Gasteiger partial charge is 0.480 e. The molecule has 92 valence electrons. The normalized spacial score (nSPS) is 28.4. The molecule has 0 aliphatic carbocycles. The van der Waals surface area contributed by atoms with Crippen molar-refractivity contribution >= 4 is 11.9 Å². The summed E-state index contributed by atoms with van der Waals surface area (Å²) in [7, 11) is 1.57. The van der Waals surface area contributed by atoms with Crippen LogP contribution in [0.5, 0.6) is 0 Å². The number of nitrogens with one attached hydrogen (secondary N) is 1. The number of likely N-dealkylation sites (tertiary alicyclic amines) is 1. The number of piperidine rings is 1. The van der Waals surface area contributed by atoms with E-state index in [-0.39, 0.29) is 11.9 Å². The smallest absolute Gasteiger partial charge is 0.320 e. The van der Waals surface area contributed by atoms with Crippen molar-refractivity contribution in [3.8, 4) is 0 Å². The topological polar surface area (TPSA) is 69.6 Å². The van der Waals surface area contributed by atoms with Crippen LogP contribution in [0.25, 0.3) is 0 Å². The summed E-state index contributed by atoms with van der Waals surface area (Å²) in [6.07, 6.45) is 1.57. The van der Waals surface area contributed by atoms with Crippen molar-refractivity contribution in [3.05, 3.63) is 0 Å². The van der Waals surface area contributed by atoms with Gasteiger partial charge >= 0.3 is 5.97 Å². The van der Waals surface area contributed by atoms with Gasteiger partial charge in [-0.2, -0.15) is 0 Å². The van der Waals surface area contributed by atoms with Crippen LogP contribution in [0, 0.1) is 5.92 Å². The maximum atomic E-state index is 11.5. The van der Waals surface area contributed by atoms with E-state index in [0.29, 0.717) is 18.9 Å². The van der Waals surface area contributed by atoms with Crippen molar-refractivity contribution in [1.82, 2.24) is 10.2 Å². The highest BCUT2D eigenvalue weighted by Gasteiger charge is 2.36. The fourth-order valence-electron chi connectivity index (χ4n) is 2.23. The van der Waals surface area contributed by atoms with Gasteiger partial charge in [0.25, 0.3) is 0 Å². The lowest BCUT2D eigenvalue weighted by molar-refractivity contribution is -0.148. The lowest BCUT2D eigenvalue weighted by Gasteiger charge is -2.38. The molecule has 1 rings (SSSR count). The molecular formula is C11H20N2O3. The minimum absolute atomic E-state index is 0.124. The Hall–Kier alpha value is -1.10. The van der Waals surface area contributed by atoms with Crippen LogP contribution < -0.4 is 5.32 Å². The first-order valence-electron chi connectivity index (χ1n) is 5.67. The van der Waals surface area contributed by atoms with E-state index in [9.17, 15) is 9.59 Å². The fourth-order valence-corrected chi connectivity index (χ4v) is 2.23. The Morgan fingerprint density at radius 3 is 2.62 bits per heavy atom. The molecule has 0 saturated carbocycles. The van der Waals surface area contributed by atoms with E-state index < -0.39 is 12.0 Å². The predicted molar refractivity (Wildman–Crippen MR) is 60.1 cm³/mol. The summed E-state index contributed by atoms with van der Waals surface area (Å²) >= 11 is 0. The Bertz CT molecular complexity index is 280. The van der Waals surface area contributed by atoms with Crippen LogP contribution in [0.3, 0.4) is 0 Å². The highest BCUT2D eigenvalue weighted by atomic mass is 16.4. The summed E-state index contributed by atoms with van der Waals surface area (Å²) in [5.41, 5.74) is 0. The monoisotopic (exact) mass is 228 g/mol. The molecule has 1 heterocycles. The number of rotatable bonds is 3. The minimum atomic E-state index is -0.831. The van der Waals surface area contributed by atoms with Crippen LogP contribution in [0.1, 0.15) is 26.7 Å². The predicted octanol–water partition coefficient (Wildman–Crippen LogP) is 0.306. The van der Waals surface area contributed by atoms with Crippen molar-refractivity contribution in [2.45, 2.75) is 38.8 Å². The number of amides is 1. The second-order valence-corrected chi connectivity index (χ2v) is 4.51. The molecule has 0 aromatic heterocycles. The number of aliphatic carboxylic acids is 1. The minimum Gasteiger partial charge on any atom is -0.480 e. The average Bonchev–Trinajstić information content (AvgIpc) is 2.26. The van der Waals surface area contributed by atoms with E-state index in [1.54, 1.807) is 18.9 Å². The zero-order valence-electron chi connectivity index (χ0n) is 10.1. The van der Waals surface area contributed by atoms with Gasteiger partial charge in [-0.3, -0.25) is 14.5 Å². The van der Waals surface area contributed by atoms with Gasteiger partial charge < -0.3 is 10.4 Å². The first-order valence-corrected chi connectivity index (χ1v) is 5.67. The molecule has 1 saturated heterocycles. The Morgan fingerprint density at radius 1 is 1.50 bits per heavy atom. The van der Waals surface area contributed by atoms with Gasteiger partial charge in [-0.05, 0) is 25.7 Å². The van der Waals surface area contributed by atoms with Crippen LogP contribution in [-0.4, -0.2) is 47.6 Å². The lowest BCUT2D eigenvalue weighted by Crippen LogP contribution is -2.55. The number of hydrogen-bond acceptors (Lipinski definition) is 3. The Labute approximate surface area is 95.8 Å². The van der Waals surface area contributed by atoms with Gasteiger partial charge in [-0.1, -0.05) is 6.92 Å². The van der Waals surface area contributed by atoms with Crippen LogP contribution >= 0.6 is 0 Å². The van der Waals surface area contributed by atoms with E-state index in [4.69, 9.17) is 5.11 Å². The molecule has 0 radical (unpaired) electrons. The van der Waals surface area contributed by atoms with E-state index in [1.165, 1.54) is 0 Å². The SMILES string of the molecule is CNC(=O)C(C)N1CCC(C)CC1C(=O)O. The van der Waals surface area contributed by atoms with E-state index >= 15 is 0 Å². The maximum Gasteiger partial charge on any atom is 0.320 e.